The Balaban J connectivity index is 2.27. The van der Waals surface area contributed by atoms with E-state index < -0.39 is 0 Å². The molecular formula is C14H16BrN3O3. The van der Waals surface area contributed by atoms with Gasteiger partial charge in [0.25, 0.3) is 5.91 Å². The number of rotatable bonds is 6. The van der Waals surface area contributed by atoms with Gasteiger partial charge in [-0.25, -0.2) is 0 Å². The second-order valence-electron chi connectivity index (χ2n) is 4.26. The largest absolute Gasteiger partial charge is 0.493 e. The van der Waals surface area contributed by atoms with Crippen molar-refractivity contribution >= 4 is 22.1 Å². The molecule has 1 aromatic heterocycles. The van der Waals surface area contributed by atoms with E-state index in [1.54, 1.807) is 29.1 Å². The summed E-state index contributed by atoms with van der Waals surface area (Å²) in [5.74, 6) is 0.868. The molecule has 7 heteroatoms. The van der Waals surface area contributed by atoms with Crippen LogP contribution in [0.15, 0.2) is 30.5 Å². The fourth-order valence-corrected chi connectivity index (χ4v) is 2.10. The quantitative estimate of drug-likeness (QED) is 0.810. The zero-order chi connectivity index (χ0) is 15.2. The SMILES string of the molecule is CCOc1cccc(C(=O)NBr)c1COc1ccn(C)n1. The summed E-state index contributed by atoms with van der Waals surface area (Å²) in [6.07, 6.45) is 1.79. The lowest BCUT2D eigenvalue weighted by atomic mass is 10.1. The van der Waals surface area contributed by atoms with Crippen molar-refractivity contribution in [1.29, 1.82) is 0 Å². The molecule has 1 amide bonds. The van der Waals surface area contributed by atoms with Gasteiger partial charge in [-0.2, -0.15) is 0 Å². The number of halogens is 1. The van der Waals surface area contributed by atoms with Crippen LogP contribution in [0.2, 0.25) is 0 Å². The van der Waals surface area contributed by atoms with Crippen LogP contribution in [0.1, 0.15) is 22.8 Å². The van der Waals surface area contributed by atoms with Crippen LogP contribution < -0.4 is 13.8 Å². The van der Waals surface area contributed by atoms with Gasteiger partial charge >= 0.3 is 0 Å². The Kier molecular flexibility index (Phi) is 5.21. The Morgan fingerprint density at radius 3 is 2.81 bits per heavy atom. The van der Waals surface area contributed by atoms with Crippen molar-refractivity contribution in [3.63, 3.8) is 0 Å². The molecule has 2 aromatic rings. The minimum absolute atomic E-state index is 0.197. The van der Waals surface area contributed by atoms with E-state index in [4.69, 9.17) is 9.47 Å². The molecule has 0 bridgehead atoms. The zero-order valence-corrected chi connectivity index (χ0v) is 13.4. The van der Waals surface area contributed by atoms with Crippen LogP contribution in [0.4, 0.5) is 0 Å². The molecule has 112 valence electrons. The smallest absolute Gasteiger partial charge is 0.261 e. The molecule has 0 aliphatic rings. The molecule has 0 aliphatic carbocycles. The van der Waals surface area contributed by atoms with E-state index in [2.05, 4.69) is 25.6 Å². The summed E-state index contributed by atoms with van der Waals surface area (Å²) in [6.45, 7) is 2.60. The summed E-state index contributed by atoms with van der Waals surface area (Å²) < 4.78 is 15.3. The molecule has 0 unspecified atom stereocenters. The number of nitrogens with one attached hydrogen (secondary N) is 1. The zero-order valence-electron chi connectivity index (χ0n) is 11.8. The lowest BCUT2D eigenvalue weighted by Gasteiger charge is -2.14. The third kappa shape index (κ3) is 3.75. The van der Waals surface area contributed by atoms with Gasteiger partial charge in [-0.1, -0.05) is 6.07 Å². The Morgan fingerprint density at radius 2 is 2.19 bits per heavy atom. The number of aryl methyl sites for hydroxylation is 1. The monoisotopic (exact) mass is 353 g/mol. The Hall–Kier alpha value is -2.02. The fraction of sp³-hybridized carbons (Fsp3) is 0.286. The van der Waals surface area contributed by atoms with E-state index in [9.17, 15) is 4.79 Å². The number of aromatic nitrogens is 2. The molecule has 0 saturated heterocycles. The highest BCUT2D eigenvalue weighted by Gasteiger charge is 2.16. The molecule has 1 heterocycles. The normalized spacial score (nSPS) is 10.2. The molecule has 21 heavy (non-hydrogen) atoms. The first-order valence-electron chi connectivity index (χ1n) is 6.43. The maximum atomic E-state index is 11.9. The number of ether oxygens (including phenoxy) is 2. The summed E-state index contributed by atoms with van der Waals surface area (Å²) in [7, 11) is 1.81. The molecule has 0 spiro atoms. The van der Waals surface area contributed by atoms with Gasteiger partial charge in [0.15, 0.2) is 0 Å². The second kappa shape index (κ2) is 7.12. The van der Waals surface area contributed by atoms with Crippen LogP contribution in [0.3, 0.4) is 0 Å². The molecule has 0 aliphatic heterocycles. The van der Waals surface area contributed by atoms with E-state index >= 15 is 0 Å². The summed E-state index contributed by atoms with van der Waals surface area (Å²) >= 11 is 2.95. The van der Waals surface area contributed by atoms with Crippen molar-refractivity contribution in [2.24, 2.45) is 7.05 Å². The first kappa shape index (κ1) is 15.4. The third-order valence-corrected chi connectivity index (χ3v) is 3.18. The maximum absolute atomic E-state index is 11.9. The molecular weight excluding hydrogens is 338 g/mol. The highest BCUT2D eigenvalue weighted by atomic mass is 79.9. The number of nitrogens with zero attached hydrogens (tertiary/aromatic N) is 2. The van der Waals surface area contributed by atoms with E-state index in [-0.39, 0.29) is 12.5 Å². The van der Waals surface area contributed by atoms with Crippen molar-refractivity contribution < 1.29 is 14.3 Å². The van der Waals surface area contributed by atoms with Gasteiger partial charge in [-0.05, 0) is 19.1 Å². The average molecular weight is 354 g/mol. The van der Waals surface area contributed by atoms with Crippen LogP contribution >= 0.6 is 16.1 Å². The van der Waals surface area contributed by atoms with Gasteiger partial charge in [-0.15, -0.1) is 5.10 Å². The van der Waals surface area contributed by atoms with Crippen LogP contribution in [0, 0.1) is 0 Å². The molecule has 1 N–H and O–H groups in total. The summed E-state index contributed by atoms with van der Waals surface area (Å²) in [4.78, 5) is 11.9. The van der Waals surface area contributed by atoms with Crippen LogP contribution in [-0.2, 0) is 13.7 Å². The number of amides is 1. The standard InChI is InChI=1S/C14H16BrN3O3/c1-3-20-12-6-4-5-10(14(19)16-15)11(12)9-21-13-7-8-18(2)17-13/h4-8H,3,9H2,1-2H3,(H,16,19). The van der Waals surface area contributed by atoms with Crippen LogP contribution in [0.5, 0.6) is 11.6 Å². The van der Waals surface area contributed by atoms with Gasteiger partial charge < -0.3 is 9.47 Å². The number of hydrogen-bond donors (Lipinski definition) is 1. The summed E-state index contributed by atoms with van der Waals surface area (Å²) in [6, 6.07) is 7.06. The minimum Gasteiger partial charge on any atom is -0.493 e. The van der Waals surface area contributed by atoms with Crippen molar-refractivity contribution in [2.75, 3.05) is 6.61 Å². The van der Waals surface area contributed by atoms with Gasteiger partial charge in [-0.3, -0.25) is 13.8 Å². The first-order chi connectivity index (χ1) is 10.2. The molecule has 0 radical (unpaired) electrons. The van der Waals surface area contributed by atoms with E-state index in [1.165, 1.54) is 0 Å². The average Bonchev–Trinajstić information content (AvgIpc) is 2.91. The molecule has 0 fully saturated rings. The highest BCUT2D eigenvalue weighted by Crippen LogP contribution is 2.24. The molecule has 6 nitrogen and oxygen atoms in total. The topological polar surface area (TPSA) is 65.4 Å². The first-order valence-corrected chi connectivity index (χ1v) is 7.23. The van der Waals surface area contributed by atoms with Gasteiger partial charge in [0.1, 0.15) is 12.4 Å². The van der Waals surface area contributed by atoms with E-state index in [0.29, 0.717) is 29.4 Å². The van der Waals surface area contributed by atoms with Gasteiger partial charge in [0.2, 0.25) is 5.88 Å². The van der Waals surface area contributed by atoms with E-state index in [1.807, 2.05) is 20.0 Å². The van der Waals surface area contributed by atoms with Crippen LogP contribution in [-0.4, -0.2) is 22.3 Å². The van der Waals surface area contributed by atoms with Gasteiger partial charge in [0.05, 0.1) is 12.2 Å². The molecule has 1 aromatic carbocycles. The summed E-state index contributed by atoms with van der Waals surface area (Å²) in [5, 5.41) is 4.14. The number of carbonyl (C=O) groups excluding carboxylic acids is 1. The molecule has 0 saturated carbocycles. The van der Waals surface area contributed by atoms with Crippen molar-refractivity contribution in [3.05, 3.63) is 41.6 Å². The van der Waals surface area contributed by atoms with Crippen molar-refractivity contribution in [1.82, 2.24) is 14.1 Å². The minimum atomic E-state index is -0.254. The molecule has 0 atom stereocenters. The Morgan fingerprint density at radius 1 is 1.38 bits per heavy atom. The predicted octanol–water partition coefficient (Wildman–Crippen LogP) is 2.44. The van der Waals surface area contributed by atoms with Gasteiger partial charge in [0, 0.05) is 41.0 Å². The lowest BCUT2D eigenvalue weighted by Crippen LogP contribution is -2.16. The van der Waals surface area contributed by atoms with Crippen molar-refractivity contribution in [3.8, 4) is 11.6 Å². The van der Waals surface area contributed by atoms with Crippen LogP contribution in [0.25, 0.3) is 0 Å². The van der Waals surface area contributed by atoms with E-state index in [0.717, 1.165) is 0 Å². The fourth-order valence-electron chi connectivity index (χ4n) is 1.89. The second-order valence-corrected chi connectivity index (χ2v) is 4.65. The Bertz CT molecular complexity index is 628. The van der Waals surface area contributed by atoms with Crippen molar-refractivity contribution in [2.45, 2.75) is 13.5 Å². The predicted molar refractivity (Wildman–Crippen MR) is 81.5 cm³/mol. The lowest BCUT2D eigenvalue weighted by molar-refractivity contribution is 0.0983. The Labute approximate surface area is 131 Å². The number of carbonyl (C=O) groups is 1. The highest BCUT2D eigenvalue weighted by molar-refractivity contribution is 9.08. The number of benzene rings is 1. The summed E-state index contributed by atoms with van der Waals surface area (Å²) in [5.41, 5.74) is 1.18. The third-order valence-electron chi connectivity index (χ3n) is 2.82. The molecule has 2 rings (SSSR count). The number of hydrogen-bond acceptors (Lipinski definition) is 4. The maximum Gasteiger partial charge on any atom is 0.261 e.